The first kappa shape index (κ1) is 23.4. The Hall–Kier alpha value is -3.80. The molecule has 0 spiro atoms. The SMILES string of the molecule is CCO/N=C(\C(=O)NCCc1ccc(OC)c(OC)c1)c1ccc2c(c1)Cc1ccccc1C2. The number of rotatable bonds is 9. The summed E-state index contributed by atoms with van der Waals surface area (Å²) < 4.78 is 10.7. The highest BCUT2D eigenvalue weighted by molar-refractivity contribution is 6.45. The minimum atomic E-state index is -0.259. The van der Waals surface area contributed by atoms with Crippen LogP contribution in [0.3, 0.4) is 0 Å². The number of methoxy groups -OCH3 is 2. The first-order chi connectivity index (χ1) is 16.6. The van der Waals surface area contributed by atoms with Crippen LogP contribution in [-0.2, 0) is 28.9 Å². The van der Waals surface area contributed by atoms with Gasteiger partial charge in [0.15, 0.2) is 17.2 Å². The highest BCUT2D eigenvalue weighted by atomic mass is 16.6. The lowest BCUT2D eigenvalue weighted by Gasteiger charge is -2.20. The van der Waals surface area contributed by atoms with Gasteiger partial charge in [-0.05, 0) is 72.2 Å². The number of carbonyl (C=O) groups is 1. The lowest BCUT2D eigenvalue weighted by molar-refractivity contribution is -0.114. The van der Waals surface area contributed by atoms with Crippen molar-refractivity contribution in [3.8, 4) is 11.5 Å². The first-order valence-electron chi connectivity index (χ1n) is 11.5. The molecule has 0 bridgehead atoms. The molecule has 4 rings (SSSR count). The van der Waals surface area contributed by atoms with Gasteiger partial charge in [-0.15, -0.1) is 0 Å². The predicted molar refractivity (Wildman–Crippen MR) is 133 cm³/mol. The summed E-state index contributed by atoms with van der Waals surface area (Å²) in [4.78, 5) is 18.4. The largest absolute Gasteiger partial charge is 0.493 e. The third-order valence-corrected chi connectivity index (χ3v) is 6.01. The summed E-state index contributed by atoms with van der Waals surface area (Å²) in [5, 5.41) is 7.13. The van der Waals surface area contributed by atoms with Gasteiger partial charge in [0.2, 0.25) is 0 Å². The Morgan fingerprint density at radius 2 is 1.59 bits per heavy atom. The van der Waals surface area contributed by atoms with Crippen molar-refractivity contribution in [2.75, 3.05) is 27.4 Å². The number of amides is 1. The van der Waals surface area contributed by atoms with Gasteiger partial charge in [0.25, 0.3) is 5.91 Å². The van der Waals surface area contributed by atoms with Crippen LogP contribution in [0.5, 0.6) is 11.5 Å². The van der Waals surface area contributed by atoms with Crippen LogP contribution in [0.2, 0.25) is 0 Å². The van der Waals surface area contributed by atoms with E-state index >= 15 is 0 Å². The van der Waals surface area contributed by atoms with E-state index in [4.69, 9.17) is 14.3 Å². The molecule has 3 aromatic carbocycles. The average molecular weight is 459 g/mol. The number of hydrogen-bond acceptors (Lipinski definition) is 5. The molecule has 3 aromatic rings. The van der Waals surface area contributed by atoms with E-state index in [0.717, 1.165) is 24.0 Å². The summed E-state index contributed by atoms with van der Waals surface area (Å²) in [6.07, 6.45) is 2.40. The highest BCUT2D eigenvalue weighted by Gasteiger charge is 2.20. The molecule has 1 N–H and O–H groups in total. The van der Waals surface area contributed by atoms with Gasteiger partial charge in [-0.3, -0.25) is 4.79 Å². The van der Waals surface area contributed by atoms with Crippen LogP contribution in [0.1, 0.15) is 40.3 Å². The molecule has 0 unspecified atom stereocenters. The minimum Gasteiger partial charge on any atom is -0.493 e. The average Bonchev–Trinajstić information content (AvgIpc) is 2.87. The monoisotopic (exact) mass is 458 g/mol. The van der Waals surface area contributed by atoms with Gasteiger partial charge in [0, 0.05) is 12.1 Å². The number of oxime groups is 1. The third-order valence-electron chi connectivity index (χ3n) is 6.01. The fourth-order valence-electron chi connectivity index (χ4n) is 4.22. The van der Waals surface area contributed by atoms with Crippen molar-refractivity contribution < 1.29 is 19.1 Å². The van der Waals surface area contributed by atoms with E-state index in [0.29, 0.717) is 31.1 Å². The molecule has 0 aliphatic heterocycles. The second-order valence-corrected chi connectivity index (χ2v) is 8.16. The summed E-state index contributed by atoms with van der Waals surface area (Å²) in [5.74, 6) is 1.09. The first-order valence-corrected chi connectivity index (χ1v) is 11.5. The summed E-state index contributed by atoms with van der Waals surface area (Å²) >= 11 is 0. The van der Waals surface area contributed by atoms with Gasteiger partial charge in [-0.25, -0.2) is 0 Å². The Morgan fingerprint density at radius 3 is 2.29 bits per heavy atom. The zero-order chi connectivity index (χ0) is 23.9. The normalized spacial score (nSPS) is 12.4. The second kappa shape index (κ2) is 10.9. The maximum atomic E-state index is 13.1. The molecule has 0 saturated heterocycles. The van der Waals surface area contributed by atoms with Crippen molar-refractivity contribution in [3.05, 3.63) is 94.0 Å². The van der Waals surface area contributed by atoms with E-state index in [-0.39, 0.29) is 11.6 Å². The lowest BCUT2D eigenvalue weighted by atomic mass is 9.85. The predicted octanol–water partition coefficient (Wildman–Crippen LogP) is 4.30. The van der Waals surface area contributed by atoms with Crippen LogP contribution in [0.4, 0.5) is 0 Å². The number of hydrogen-bond donors (Lipinski definition) is 1. The Kier molecular flexibility index (Phi) is 7.48. The van der Waals surface area contributed by atoms with Gasteiger partial charge >= 0.3 is 0 Å². The topological polar surface area (TPSA) is 69.2 Å². The molecule has 1 aliphatic carbocycles. The number of benzene rings is 3. The summed E-state index contributed by atoms with van der Waals surface area (Å²) in [6.45, 7) is 2.69. The Bertz CT molecular complexity index is 1200. The van der Waals surface area contributed by atoms with Crippen molar-refractivity contribution in [2.24, 2.45) is 5.16 Å². The van der Waals surface area contributed by atoms with Crippen LogP contribution < -0.4 is 14.8 Å². The second-order valence-electron chi connectivity index (χ2n) is 8.16. The lowest BCUT2D eigenvalue weighted by Crippen LogP contribution is -2.33. The molecule has 0 fully saturated rings. The minimum absolute atomic E-state index is 0.259. The van der Waals surface area contributed by atoms with Crippen LogP contribution in [0.25, 0.3) is 0 Å². The van der Waals surface area contributed by atoms with Crippen LogP contribution in [-0.4, -0.2) is 39.0 Å². The maximum absolute atomic E-state index is 13.1. The number of nitrogens with one attached hydrogen (secondary N) is 1. The molecule has 0 atom stereocenters. The van der Waals surface area contributed by atoms with E-state index < -0.39 is 0 Å². The summed E-state index contributed by atoms with van der Waals surface area (Å²) in [5.41, 5.74) is 7.28. The number of fused-ring (bicyclic) bond motifs is 2. The quantitative estimate of drug-likeness (QED) is 0.300. The van der Waals surface area contributed by atoms with Crippen LogP contribution in [0.15, 0.2) is 65.8 Å². The van der Waals surface area contributed by atoms with E-state index in [2.05, 4.69) is 46.9 Å². The Labute approximate surface area is 200 Å². The Morgan fingerprint density at radius 1 is 0.882 bits per heavy atom. The standard InChI is InChI=1S/C28H30N2O4/c1-4-34-30-27(28(31)29-14-13-19-9-12-25(32-2)26(15-19)33-3)23-11-10-22-16-20-7-5-6-8-21(20)17-24(22)18-23/h5-12,15,18H,4,13-14,16-17H2,1-3H3,(H,29,31)/b30-27-. The van der Waals surface area contributed by atoms with E-state index in [1.54, 1.807) is 14.2 Å². The molecule has 176 valence electrons. The third kappa shape index (κ3) is 5.22. The molecule has 0 radical (unpaired) electrons. The van der Waals surface area contributed by atoms with E-state index in [9.17, 15) is 4.79 Å². The molecule has 0 heterocycles. The van der Waals surface area contributed by atoms with Crippen LogP contribution in [0, 0.1) is 0 Å². The molecule has 1 aliphatic rings. The molecule has 6 nitrogen and oxygen atoms in total. The molecule has 1 amide bonds. The fourth-order valence-corrected chi connectivity index (χ4v) is 4.22. The highest BCUT2D eigenvalue weighted by Crippen LogP contribution is 2.29. The molecule has 0 aromatic heterocycles. The van der Waals surface area contributed by atoms with Gasteiger partial charge in [0.05, 0.1) is 14.2 Å². The number of ether oxygens (including phenoxy) is 2. The van der Waals surface area contributed by atoms with Crippen molar-refractivity contribution in [1.82, 2.24) is 5.32 Å². The number of nitrogens with zero attached hydrogens (tertiary/aromatic N) is 1. The van der Waals surface area contributed by atoms with E-state index in [1.807, 2.05) is 31.2 Å². The van der Waals surface area contributed by atoms with Crippen molar-refractivity contribution in [3.63, 3.8) is 0 Å². The summed E-state index contributed by atoms with van der Waals surface area (Å²) in [6, 6.07) is 20.4. The van der Waals surface area contributed by atoms with Gasteiger partial charge in [0.1, 0.15) is 6.61 Å². The summed E-state index contributed by atoms with van der Waals surface area (Å²) in [7, 11) is 3.22. The molecular weight excluding hydrogens is 428 g/mol. The van der Waals surface area contributed by atoms with Gasteiger partial charge < -0.3 is 19.6 Å². The fraction of sp³-hybridized carbons (Fsp3) is 0.286. The van der Waals surface area contributed by atoms with Crippen molar-refractivity contribution in [1.29, 1.82) is 0 Å². The van der Waals surface area contributed by atoms with Crippen molar-refractivity contribution >= 4 is 11.6 Å². The molecule has 6 heteroatoms. The van der Waals surface area contributed by atoms with Crippen LogP contribution >= 0.6 is 0 Å². The maximum Gasteiger partial charge on any atom is 0.273 e. The zero-order valence-corrected chi connectivity index (χ0v) is 19.9. The Balaban J connectivity index is 1.47. The zero-order valence-electron chi connectivity index (χ0n) is 19.9. The number of carbonyl (C=O) groups excluding carboxylic acids is 1. The van der Waals surface area contributed by atoms with Gasteiger partial charge in [-0.1, -0.05) is 47.6 Å². The molecular formula is C28H30N2O4. The van der Waals surface area contributed by atoms with E-state index in [1.165, 1.54) is 22.3 Å². The molecule has 34 heavy (non-hydrogen) atoms. The molecule has 0 saturated carbocycles. The van der Waals surface area contributed by atoms with Gasteiger partial charge in [-0.2, -0.15) is 0 Å². The smallest absolute Gasteiger partial charge is 0.273 e. The van der Waals surface area contributed by atoms with Crippen molar-refractivity contribution in [2.45, 2.75) is 26.2 Å².